The minimum absolute atomic E-state index is 0.409. The Balaban J connectivity index is 1.92. The predicted molar refractivity (Wildman–Crippen MR) is 90.2 cm³/mol. The first-order valence-corrected chi connectivity index (χ1v) is 9.92. The molecule has 0 saturated carbocycles. The molecule has 0 aliphatic heterocycles. The van der Waals surface area contributed by atoms with Gasteiger partial charge in [-0.3, -0.25) is 0 Å². The molecule has 0 aliphatic rings. The fourth-order valence-electron chi connectivity index (χ4n) is 1.76. The van der Waals surface area contributed by atoms with Crippen molar-refractivity contribution in [3.8, 4) is 11.5 Å². The SMILES string of the molecule is COC(=O)Oc1ccc([I-]c2ccc(OC(=O)OC(C)(C)C)cc2)cc1. The van der Waals surface area contributed by atoms with Crippen LogP contribution in [-0.2, 0) is 9.47 Å². The Morgan fingerprint density at radius 1 is 0.769 bits per heavy atom. The second-order valence-electron chi connectivity index (χ2n) is 6.13. The summed E-state index contributed by atoms with van der Waals surface area (Å²) in [7, 11) is 1.26. The van der Waals surface area contributed by atoms with E-state index in [1.807, 2.05) is 24.3 Å². The van der Waals surface area contributed by atoms with Gasteiger partial charge in [-0.25, -0.2) is 0 Å². The normalized spacial score (nSPS) is 10.9. The second-order valence-corrected chi connectivity index (χ2v) is 9.16. The molecule has 0 radical (unpaired) electrons. The van der Waals surface area contributed by atoms with Crippen LogP contribution in [-0.4, -0.2) is 25.0 Å². The molecule has 140 valence electrons. The average molecular weight is 471 g/mol. The standard InChI is InChI=1S/C19H20IO6/c1-19(2,3)26-18(22)25-16-11-7-14(8-12-16)20-13-5-9-15(10-6-13)24-17(21)23-4/h5-12H,1-4H3/q-1. The van der Waals surface area contributed by atoms with E-state index in [-0.39, 0.29) is 0 Å². The van der Waals surface area contributed by atoms with Crippen LogP contribution in [0.1, 0.15) is 20.8 Å². The summed E-state index contributed by atoms with van der Waals surface area (Å²) in [6, 6.07) is 14.6. The fraction of sp³-hybridized carbons (Fsp3) is 0.263. The maximum absolute atomic E-state index is 11.7. The molecule has 0 fully saturated rings. The van der Waals surface area contributed by atoms with Crippen LogP contribution in [0.4, 0.5) is 9.59 Å². The number of hydrogen-bond donors (Lipinski definition) is 0. The van der Waals surface area contributed by atoms with E-state index in [1.54, 1.807) is 45.0 Å². The van der Waals surface area contributed by atoms with E-state index >= 15 is 0 Å². The van der Waals surface area contributed by atoms with Crippen LogP contribution >= 0.6 is 0 Å². The molecule has 2 aromatic carbocycles. The molecule has 0 aliphatic carbocycles. The van der Waals surface area contributed by atoms with E-state index in [9.17, 15) is 9.59 Å². The van der Waals surface area contributed by atoms with Gasteiger partial charge in [0.2, 0.25) is 0 Å². The molecule has 0 amide bonds. The summed E-state index contributed by atoms with van der Waals surface area (Å²) in [5.74, 6) is 0.875. The summed E-state index contributed by atoms with van der Waals surface area (Å²) >= 11 is -0.409. The van der Waals surface area contributed by atoms with Gasteiger partial charge in [0, 0.05) is 0 Å². The van der Waals surface area contributed by atoms with Gasteiger partial charge in [-0.2, -0.15) is 0 Å². The molecule has 2 aromatic rings. The minimum atomic E-state index is -0.743. The monoisotopic (exact) mass is 471 g/mol. The van der Waals surface area contributed by atoms with Crippen molar-refractivity contribution in [3.63, 3.8) is 0 Å². The van der Waals surface area contributed by atoms with Gasteiger partial charge in [-0.15, -0.1) is 0 Å². The molecule has 0 unspecified atom stereocenters. The Hall–Kier alpha value is -2.29. The van der Waals surface area contributed by atoms with Gasteiger partial charge in [0.25, 0.3) is 0 Å². The first-order valence-electron chi connectivity index (χ1n) is 7.77. The van der Waals surface area contributed by atoms with Crippen LogP contribution in [0, 0.1) is 7.14 Å². The predicted octanol–water partition coefficient (Wildman–Crippen LogP) is 1.27. The molecule has 0 saturated heterocycles. The zero-order valence-electron chi connectivity index (χ0n) is 14.9. The van der Waals surface area contributed by atoms with Crippen LogP contribution in [0.2, 0.25) is 0 Å². The summed E-state index contributed by atoms with van der Waals surface area (Å²) in [4.78, 5) is 22.7. The number of hydrogen-bond acceptors (Lipinski definition) is 6. The molecule has 0 aromatic heterocycles. The number of halogens is 1. The summed E-state index contributed by atoms with van der Waals surface area (Å²) < 4.78 is 22.0. The Kier molecular flexibility index (Phi) is 6.84. The van der Waals surface area contributed by atoms with Crippen LogP contribution in [0.25, 0.3) is 0 Å². The van der Waals surface area contributed by atoms with E-state index in [4.69, 9.17) is 14.2 Å². The summed E-state index contributed by atoms with van der Waals surface area (Å²) in [5, 5.41) is 0. The van der Waals surface area contributed by atoms with Crippen LogP contribution < -0.4 is 30.7 Å². The first kappa shape index (κ1) is 20.0. The van der Waals surface area contributed by atoms with E-state index in [0.29, 0.717) is 11.5 Å². The summed E-state index contributed by atoms with van der Waals surface area (Å²) in [6.45, 7) is 5.34. The van der Waals surface area contributed by atoms with Crippen molar-refractivity contribution in [1.82, 2.24) is 0 Å². The van der Waals surface area contributed by atoms with Crippen molar-refractivity contribution >= 4 is 12.3 Å². The zero-order chi connectivity index (χ0) is 19.2. The zero-order valence-corrected chi connectivity index (χ0v) is 17.1. The van der Waals surface area contributed by atoms with Crippen molar-refractivity contribution in [1.29, 1.82) is 0 Å². The molecular weight excluding hydrogens is 451 g/mol. The quantitative estimate of drug-likeness (QED) is 0.380. The third-order valence-corrected chi connectivity index (χ3v) is 5.49. The Morgan fingerprint density at radius 3 is 1.58 bits per heavy atom. The van der Waals surface area contributed by atoms with Crippen molar-refractivity contribution < 1.29 is 49.7 Å². The number of rotatable bonds is 4. The molecule has 0 spiro atoms. The molecule has 0 bridgehead atoms. The molecule has 0 heterocycles. The van der Waals surface area contributed by atoms with Gasteiger partial charge < -0.3 is 0 Å². The molecule has 2 rings (SSSR count). The third kappa shape index (κ3) is 6.91. The maximum atomic E-state index is 11.7. The van der Waals surface area contributed by atoms with Gasteiger partial charge in [-0.05, 0) is 0 Å². The fourth-order valence-corrected chi connectivity index (χ4v) is 3.92. The van der Waals surface area contributed by atoms with Crippen LogP contribution in [0.15, 0.2) is 48.5 Å². The van der Waals surface area contributed by atoms with E-state index in [0.717, 1.165) is 7.14 Å². The van der Waals surface area contributed by atoms with Gasteiger partial charge in [0.15, 0.2) is 0 Å². The van der Waals surface area contributed by atoms with E-state index < -0.39 is 39.1 Å². The first-order chi connectivity index (χ1) is 12.2. The summed E-state index contributed by atoms with van der Waals surface area (Å²) in [6.07, 6.45) is -1.46. The van der Waals surface area contributed by atoms with Crippen molar-refractivity contribution in [2.24, 2.45) is 0 Å². The Bertz CT molecular complexity index is 747. The number of benzene rings is 2. The summed E-state index contributed by atoms with van der Waals surface area (Å²) in [5.41, 5.74) is -0.591. The van der Waals surface area contributed by atoms with Gasteiger partial charge in [0.05, 0.1) is 0 Å². The molecule has 0 atom stereocenters. The molecule has 7 heteroatoms. The van der Waals surface area contributed by atoms with Gasteiger partial charge in [0.1, 0.15) is 0 Å². The van der Waals surface area contributed by atoms with Gasteiger partial charge in [-0.1, -0.05) is 0 Å². The molecule has 6 nitrogen and oxygen atoms in total. The van der Waals surface area contributed by atoms with Crippen molar-refractivity contribution in [2.75, 3.05) is 7.11 Å². The number of carbonyl (C=O) groups is 2. The molecule has 0 N–H and O–H groups in total. The second kappa shape index (κ2) is 8.88. The number of methoxy groups -OCH3 is 1. The van der Waals surface area contributed by atoms with E-state index in [2.05, 4.69) is 4.74 Å². The van der Waals surface area contributed by atoms with E-state index in [1.165, 1.54) is 7.11 Å². The van der Waals surface area contributed by atoms with Crippen LogP contribution in [0.5, 0.6) is 11.5 Å². The Labute approximate surface area is 162 Å². The van der Waals surface area contributed by atoms with Gasteiger partial charge >= 0.3 is 163 Å². The average Bonchev–Trinajstić information content (AvgIpc) is 2.56. The molecular formula is C19H20IO6-. The topological polar surface area (TPSA) is 71.1 Å². The van der Waals surface area contributed by atoms with Crippen molar-refractivity contribution in [2.45, 2.75) is 26.4 Å². The van der Waals surface area contributed by atoms with Crippen LogP contribution in [0.3, 0.4) is 0 Å². The molecule has 26 heavy (non-hydrogen) atoms. The van der Waals surface area contributed by atoms with Crippen molar-refractivity contribution in [3.05, 3.63) is 55.7 Å². The Morgan fingerprint density at radius 2 is 1.19 bits per heavy atom. The number of ether oxygens (including phenoxy) is 4. The number of carbonyl (C=O) groups excluding carboxylic acids is 2. The third-order valence-electron chi connectivity index (χ3n) is 2.80.